The third kappa shape index (κ3) is 3.89. The quantitative estimate of drug-likeness (QED) is 0.803. The standard InChI is InChI=1S/C18H22FNO4/c1-21-15-8-6-14(19)9-13(15)11-20-10-12-5-7-16(22-2)18(24-4)17(12)23-3/h5-9,20H,10-11H2,1-4H3. The lowest BCUT2D eigenvalue weighted by Crippen LogP contribution is -2.14. The van der Waals surface area contributed by atoms with Gasteiger partial charge in [0.1, 0.15) is 11.6 Å². The van der Waals surface area contributed by atoms with E-state index in [-0.39, 0.29) is 5.82 Å². The normalized spacial score (nSPS) is 10.4. The van der Waals surface area contributed by atoms with Crippen molar-refractivity contribution >= 4 is 0 Å². The first-order chi connectivity index (χ1) is 11.6. The minimum absolute atomic E-state index is 0.295. The Bertz CT molecular complexity index is 691. The molecular weight excluding hydrogens is 313 g/mol. The van der Waals surface area contributed by atoms with E-state index in [9.17, 15) is 4.39 Å². The summed E-state index contributed by atoms with van der Waals surface area (Å²) in [6, 6.07) is 8.16. The van der Waals surface area contributed by atoms with Crippen LogP contribution in [0.25, 0.3) is 0 Å². The van der Waals surface area contributed by atoms with Crippen molar-refractivity contribution in [3.63, 3.8) is 0 Å². The van der Waals surface area contributed by atoms with Crippen LogP contribution in [0.1, 0.15) is 11.1 Å². The third-order valence-corrected chi connectivity index (χ3v) is 3.66. The van der Waals surface area contributed by atoms with E-state index in [1.807, 2.05) is 12.1 Å². The van der Waals surface area contributed by atoms with Gasteiger partial charge in [-0.05, 0) is 24.3 Å². The lowest BCUT2D eigenvalue weighted by atomic mass is 10.1. The van der Waals surface area contributed by atoms with Crippen molar-refractivity contribution in [3.8, 4) is 23.0 Å². The molecule has 2 aromatic rings. The van der Waals surface area contributed by atoms with Crippen LogP contribution in [0.5, 0.6) is 23.0 Å². The van der Waals surface area contributed by atoms with E-state index < -0.39 is 0 Å². The molecule has 24 heavy (non-hydrogen) atoms. The van der Waals surface area contributed by atoms with Gasteiger partial charge >= 0.3 is 0 Å². The summed E-state index contributed by atoms with van der Waals surface area (Å²) in [7, 11) is 6.28. The SMILES string of the molecule is COc1ccc(F)cc1CNCc1ccc(OC)c(OC)c1OC. The predicted molar refractivity (Wildman–Crippen MR) is 89.6 cm³/mol. The second-order valence-electron chi connectivity index (χ2n) is 5.05. The number of nitrogens with one attached hydrogen (secondary N) is 1. The van der Waals surface area contributed by atoms with Gasteiger partial charge in [0.25, 0.3) is 0 Å². The lowest BCUT2D eigenvalue weighted by Gasteiger charge is -2.16. The molecule has 0 atom stereocenters. The zero-order valence-corrected chi connectivity index (χ0v) is 14.3. The van der Waals surface area contributed by atoms with E-state index in [1.165, 1.54) is 12.1 Å². The largest absolute Gasteiger partial charge is 0.496 e. The van der Waals surface area contributed by atoms with Gasteiger partial charge in [-0.2, -0.15) is 0 Å². The number of methoxy groups -OCH3 is 4. The number of ether oxygens (including phenoxy) is 4. The molecule has 0 radical (unpaired) electrons. The monoisotopic (exact) mass is 335 g/mol. The molecule has 6 heteroatoms. The van der Waals surface area contributed by atoms with E-state index in [2.05, 4.69) is 5.32 Å². The van der Waals surface area contributed by atoms with Gasteiger partial charge in [0.15, 0.2) is 11.5 Å². The molecule has 0 fully saturated rings. The summed E-state index contributed by atoms with van der Waals surface area (Å²) < 4.78 is 34.7. The van der Waals surface area contributed by atoms with Gasteiger partial charge in [-0.15, -0.1) is 0 Å². The maximum absolute atomic E-state index is 13.4. The van der Waals surface area contributed by atoms with Crippen LogP contribution in [0.2, 0.25) is 0 Å². The molecule has 2 aromatic carbocycles. The van der Waals surface area contributed by atoms with Gasteiger partial charge in [-0.1, -0.05) is 6.07 Å². The molecule has 0 aliphatic carbocycles. The molecule has 5 nitrogen and oxygen atoms in total. The van der Waals surface area contributed by atoms with Crippen LogP contribution in [0.15, 0.2) is 30.3 Å². The van der Waals surface area contributed by atoms with Crippen molar-refractivity contribution in [2.24, 2.45) is 0 Å². The summed E-state index contributed by atoms with van der Waals surface area (Å²) >= 11 is 0. The maximum Gasteiger partial charge on any atom is 0.203 e. The molecule has 2 rings (SSSR count). The summed E-state index contributed by atoms with van der Waals surface area (Å²) in [6.45, 7) is 0.974. The minimum Gasteiger partial charge on any atom is -0.496 e. The Morgan fingerprint density at radius 3 is 2.00 bits per heavy atom. The van der Waals surface area contributed by atoms with Gasteiger partial charge < -0.3 is 24.3 Å². The first-order valence-corrected chi connectivity index (χ1v) is 7.45. The predicted octanol–water partition coefficient (Wildman–Crippen LogP) is 3.15. The Balaban J connectivity index is 2.14. The van der Waals surface area contributed by atoms with Gasteiger partial charge in [-0.3, -0.25) is 0 Å². The molecule has 1 N–H and O–H groups in total. The van der Waals surface area contributed by atoms with Crippen molar-refractivity contribution in [2.75, 3.05) is 28.4 Å². The van der Waals surface area contributed by atoms with Crippen molar-refractivity contribution in [1.29, 1.82) is 0 Å². The third-order valence-electron chi connectivity index (χ3n) is 3.66. The van der Waals surface area contributed by atoms with E-state index in [4.69, 9.17) is 18.9 Å². The Kier molecular flexibility index (Phi) is 6.26. The summed E-state index contributed by atoms with van der Waals surface area (Å²) in [4.78, 5) is 0. The zero-order valence-electron chi connectivity index (χ0n) is 14.3. The highest BCUT2D eigenvalue weighted by Gasteiger charge is 2.15. The summed E-state index contributed by atoms with van der Waals surface area (Å²) in [5.74, 6) is 2.10. The highest BCUT2D eigenvalue weighted by Crippen LogP contribution is 2.39. The van der Waals surface area contributed by atoms with Crippen LogP contribution in [-0.4, -0.2) is 28.4 Å². The van der Waals surface area contributed by atoms with Crippen LogP contribution < -0.4 is 24.3 Å². The fourth-order valence-electron chi connectivity index (χ4n) is 2.52. The Labute approximate surface area is 141 Å². The highest BCUT2D eigenvalue weighted by atomic mass is 19.1. The van der Waals surface area contributed by atoms with Crippen LogP contribution in [-0.2, 0) is 13.1 Å². The Morgan fingerprint density at radius 2 is 1.38 bits per heavy atom. The molecule has 130 valence electrons. The van der Waals surface area contributed by atoms with Gasteiger partial charge in [0.2, 0.25) is 5.75 Å². The fraction of sp³-hybridized carbons (Fsp3) is 0.333. The molecular formula is C18H22FNO4. The Morgan fingerprint density at radius 1 is 0.750 bits per heavy atom. The maximum atomic E-state index is 13.4. The second kappa shape index (κ2) is 8.40. The average Bonchev–Trinajstić information content (AvgIpc) is 2.61. The second-order valence-corrected chi connectivity index (χ2v) is 5.05. The topological polar surface area (TPSA) is 49.0 Å². The molecule has 0 heterocycles. The number of hydrogen-bond donors (Lipinski definition) is 1. The van der Waals surface area contributed by atoms with Gasteiger partial charge in [0, 0.05) is 24.2 Å². The number of rotatable bonds is 8. The van der Waals surface area contributed by atoms with Crippen LogP contribution in [0.3, 0.4) is 0 Å². The number of hydrogen-bond acceptors (Lipinski definition) is 5. The molecule has 0 saturated heterocycles. The van der Waals surface area contributed by atoms with Crippen molar-refractivity contribution < 1.29 is 23.3 Å². The van der Waals surface area contributed by atoms with Crippen LogP contribution in [0, 0.1) is 5.82 Å². The highest BCUT2D eigenvalue weighted by molar-refractivity contribution is 5.55. The molecule has 0 bridgehead atoms. The fourth-order valence-corrected chi connectivity index (χ4v) is 2.52. The van der Waals surface area contributed by atoms with Crippen LogP contribution in [0.4, 0.5) is 4.39 Å². The summed E-state index contributed by atoms with van der Waals surface area (Å²) in [6.07, 6.45) is 0. The molecule has 0 aliphatic rings. The molecule has 0 spiro atoms. The molecule has 0 unspecified atom stereocenters. The lowest BCUT2D eigenvalue weighted by molar-refractivity contribution is 0.321. The van der Waals surface area contributed by atoms with Gasteiger partial charge in [0.05, 0.1) is 28.4 Å². The summed E-state index contributed by atoms with van der Waals surface area (Å²) in [5.41, 5.74) is 1.66. The van der Waals surface area contributed by atoms with E-state index >= 15 is 0 Å². The van der Waals surface area contributed by atoms with E-state index in [1.54, 1.807) is 34.5 Å². The molecule has 0 amide bonds. The minimum atomic E-state index is -0.295. The molecule has 0 aliphatic heterocycles. The first-order valence-electron chi connectivity index (χ1n) is 7.45. The van der Waals surface area contributed by atoms with E-state index in [0.29, 0.717) is 36.1 Å². The van der Waals surface area contributed by atoms with E-state index in [0.717, 1.165) is 11.1 Å². The smallest absolute Gasteiger partial charge is 0.203 e. The van der Waals surface area contributed by atoms with Crippen molar-refractivity contribution in [3.05, 3.63) is 47.3 Å². The number of halogens is 1. The average molecular weight is 335 g/mol. The van der Waals surface area contributed by atoms with Crippen molar-refractivity contribution in [2.45, 2.75) is 13.1 Å². The Hall–Kier alpha value is -2.47. The van der Waals surface area contributed by atoms with Crippen LogP contribution >= 0.6 is 0 Å². The molecule has 0 saturated carbocycles. The zero-order chi connectivity index (χ0) is 17.5. The number of benzene rings is 2. The first kappa shape index (κ1) is 17.9. The van der Waals surface area contributed by atoms with Crippen molar-refractivity contribution in [1.82, 2.24) is 5.32 Å². The van der Waals surface area contributed by atoms with Gasteiger partial charge in [-0.25, -0.2) is 4.39 Å². The molecule has 0 aromatic heterocycles. The summed E-state index contributed by atoms with van der Waals surface area (Å²) in [5, 5.41) is 3.26.